The van der Waals surface area contributed by atoms with Gasteiger partial charge in [-0.3, -0.25) is 4.98 Å². The molecule has 0 spiro atoms. The zero-order valence-electron chi connectivity index (χ0n) is 21.1. The average molecular weight is 682 g/mol. The van der Waals surface area contributed by atoms with Crippen molar-refractivity contribution in [2.24, 2.45) is 0 Å². The normalized spacial score (nSPS) is 13.7. The third kappa shape index (κ3) is 4.40. The summed E-state index contributed by atoms with van der Waals surface area (Å²) in [5.74, 6) is 1.000. The zero-order valence-corrected chi connectivity index (χ0v) is 23.5. The van der Waals surface area contributed by atoms with Gasteiger partial charge in [0.15, 0.2) is 0 Å². The number of benzene rings is 4. The third-order valence-corrected chi connectivity index (χ3v) is 6.91. The molecule has 0 N–H and O–H groups in total. The van der Waals surface area contributed by atoms with Gasteiger partial charge < -0.3 is 14.0 Å². The largest absolute Gasteiger partial charge is 0.501 e. The Morgan fingerprint density at radius 2 is 1.69 bits per heavy atom. The first-order chi connectivity index (χ1) is 18.8. The Morgan fingerprint density at radius 3 is 2.54 bits per heavy atom. The first-order valence-electron chi connectivity index (χ1n) is 12.7. The number of fused-ring (bicyclic) bond motifs is 3. The molecule has 4 heterocycles. The second-order valence-electron chi connectivity index (χ2n) is 9.31. The van der Waals surface area contributed by atoms with Crippen molar-refractivity contribution in [3.8, 4) is 22.6 Å². The van der Waals surface area contributed by atoms with Crippen LogP contribution >= 0.6 is 0 Å². The van der Waals surface area contributed by atoms with Crippen molar-refractivity contribution < 1.29 is 24.5 Å². The maximum absolute atomic E-state index is 5.97. The number of para-hydroxylation sites is 2. The van der Waals surface area contributed by atoms with Crippen LogP contribution in [-0.2, 0) is 20.1 Å². The summed E-state index contributed by atoms with van der Waals surface area (Å²) >= 11 is 0. The van der Waals surface area contributed by atoms with E-state index in [9.17, 15) is 0 Å². The first-order valence-corrected chi connectivity index (χ1v) is 12.7. The summed E-state index contributed by atoms with van der Waals surface area (Å²) in [7, 11) is 0. The van der Waals surface area contributed by atoms with Gasteiger partial charge in [0.2, 0.25) is 0 Å². The smallest absolute Gasteiger partial charge is 0.120 e. The summed E-state index contributed by atoms with van der Waals surface area (Å²) in [5, 5.41) is 2.23. The van der Waals surface area contributed by atoms with Gasteiger partial charge in [0, 0.05) is 37.7 Å². The van der Waals surface area contributed by atoms with E-state index in [1.807, 2.05) is 66.7 Å². The summed E-state index contributed by atoms with van der Waals surface area (Å²) in [6.45, 7) is 2.19. The molecule has 0 amide bonds. The van der Waals surface area contributed by atoms with Crippen LogP contribution in [0.25, 0.3) is 61.7 Å². The summed E-state index contributed by atoms with van der Waals surface area (Å²) in [4.78, 5) is 9.17. The van der Waals surface area contributed by atoms with E-state index in [-0.39, 0.29) is 20.1 Å². The van der Waals surface area contributed by atoms with Crippen LogP contribution in [0.1, 0.15) is 18.5 Å². The van der Waals surface area contributed by atoms with Crippen molar-refractivity contribution in [1.82, 2.24) is 14.5 Å². The molecule has 7 aromatic rings. The number of rotatable bonds is 2. The molecule has 1 radical (unpaired) electrons. The average Bonchev–Trinajstić information content (AvgIpc) is 3.57. The minimum absolute atomic E-state index is 0. The van der Waals surface area contributed by atoms with Crippen LogP contribution in [0, 0.1) is 12.1 Å². The molecule has 1 aliphatic heterocycles. The number of imidazole rings is 1. The Labute approximate surface area is 240 Å². The number of hydrogen-bond donors (Lipinski definition) is 0. The van der Waals surface area contributed by atoms with Gasteiger partial charge in [0.1, 0.15) is 5.58 Å². The van der Waals surface area contributed by atoms with Gasteiger partial charge in [-0.2, -0.15) is 0 Å². The number of nitrogens with zero attached hydrogens (tertiary/aromatic N) is 3. The molecule has 5 heteroatoms. The summed E-state index contributed by atoms with van der Waals surface area (Å²) in [5.41, 5.74) is 8.11. The quantitative estimate of drug-likeness (QED) is 0.172. The molecule has 4 nitrogen and oxygen atoms in total. The molecule has 39 heavy (non-hydrogen) atoms. The van der Waals surface area contributed by atoms with E-state index < -0.39 is 0 Å². The van der Waals surface area contributed by atoms with Crippen molar-refractivity contribution in [2.45, 2.75) is 13.0 Å². The van der Waals surface area contributed by atoms with Crippen LogP contribution in [0.3, 0.4) is 0 Å². The number of aromatic nitrogens is 3. The van der Waals surface area contributed by atoms with Crippen molar-refractivity contribution in [2.75, 3.05) is 0 Å². The number of hydrogen-bond acceptors (Lipinski definition) is 3. The standard InChI is InChI=1S/C17H13N2.C17H10NO.Ir/c1-12-10-11-13-8-5-9-15-16(13)19(12)17(18-15)14-6-3-2-4-7-14;1-2-10-16-12(6-1)13-7-5-8-14(17(13)19-16)15-9-3-4-11-18-15;/h2-6,8-12H,1H3;1-7,9-11H;/q2*-1;. The second kappa shape index (κ2) is 10.5. The van der Waals surface area contributed by atoms with Gasteiger partial charge in [-0.15, -0.1) is 54.1 Å². The van der Waals surface area contributed by atoms with Crippen molar-refractivity contribution in [3.63, 3.8) is 0 Å². The number of pyridine rings is 1. The Bertz CT molecular complexity index is 1940. The molecular formula is C34H23IrN3O-2. The van der Waals surface area contributed by atoms with Crippen LogP contribution < -0.4 is 0 Å². The molecule has 3 aromatic heterocycles. The molecule has 0 aliphatic carbocycles. The molecule has 8 rings (SSSR count). The molecule has 1 unspecified atom stereocenters. The zero-order chi connectivity index (χ0) is 25.5. The number of allylic oxidation sites excluding steroid dienone is 1. The minimum atomic E-state index is 0. The fourth-order valence-corrected chi connectivity index (χ4v) is 5.15. The fourth-order valence-electron chi connectivity index (χ4n) is 5.15. The van der Waals surface area contributed by atoms with E-state index in [1.165, 1.54) is 11.1 Å². The van der Waals surface area contributed by atoms with Gasteiger partial charge in [0.05, 0.1) is 22.4 Å². The molecule has 191 valence electrons. The van der Waals surface area contributed by atoms with Crippen LogP contribution in [0.5, 0.6) is 0 Å². The molecule has 0 fully saturated rings. The fraction of sp³-hybridized carbons (Fsp3) is 0.0588. The number of furan rings is 1. The Kier molecular flexibility index (Phi) is 6.70. The molecule has 0 saturated carbocycles. The Hall–Kier alpha value is -4.31. The monoisotopic (exact) mass is 682 g/mol. The molecular weight excluding hydrogens is 659 g/mol. The molecule has 0 bridgehead atoms. The summed E-state index contributed by atoms with van der Waals surface area (Å²) in [6.07, 6.45) is 6.19. The van der Waals surface area contributed by atoms with Gasteiger partial charge >= 0.3 is 0 Å². The Morgan fingerprint density at radius 1 is 0.821 bits per heavy atom. The minimum Gasteiger partial charge on any atom is -0.501 e. The topological polar surface area (TPSA) is 43.9 Å². The van der Waals surface area contributed by atoms with E-state index in [0.29, 0.717) is 6.04 Å². The van der Waals surface area contributed by atoms with Gasteiger partial charge in [0.25, 0.3) is 0 Å². The summed E-state index contributed by atoms with van der Waals surface area (Å²) in [6, 6.07) is 39.0. The van der Waals surface area contributed by atoms with Gasteiger partial charge in [-0.05, 0) is 36.4 Å². The van der Waals surface area contributed by atoms with E-state index in [1.54, 1.807) is 6.20 Å². The van der Waals surface area contributed by atoms with Gasteiger partial charge in [-0.1, -0.05) is 65.6 Å². The predicted octanol–water partition coefficient (Wildman–Crippen LogP) is 8.54. The van der Waals surface area contributed by atoms with E-state index in [2.05, 4.69) is 71.1 Å². The maximum Gasteiger partial charge on any atom is 0.120 e. The van der Waals surface area contributed by atoms with E-state index >= 15 is 0 Å². The van der Waals surface area contributed by atoms with E-state index in [4.69, 9.17) is 9.40 Å². The van der Waals surface area contributed by atoms with Crippen molar-refractivity contribution in [1.29, 1.82) is 0 Å². The van der Waals surface area contributed by atoms with Crippen LogP contribution in [0.4, 0.5) is 0 Å². The van der Waals surface area contributed by atoms with E-state index in [0.717, 1.165) is 50.1 Å². The molecule has 1 atom stereocenters. The second-order valence-corrected chi connectivity index (χ2v) is 9.31. The Balaban J connectivity index is 0.000000138. The van der Waals surface area contributed by atoms with Crippen LogP contribution in [0.2, 0.25) is 0 Å². The third-order valence-electron chi connectivity index (χ3n) is 6.91. The SMILES string of the molecule is CC1C=Cc2cccc3nc(-c4[c-]cccc4)n1c23.[Ir].[c-]1ccc2c(oc3ccccc32)c1-c1ccccn1. The first kappa shape index (κ1) is 25.0. The molecule has 0 saturated heterocycles. The van der Waals surface area contributed by atoms with Crippen molar-refractivity contribution >= 4 is 39.0 Å². The van der Waals surface area contributed by atoms with Crippen LogP contribution in [0.15, 0.2) is 114 Å². The maximum atomic E-state index is 5.97. The predicted molar refractivity (Wildman–Crippen MR) is 154 cm³/mol. The molecule has 4 aromatic carbocycles. The molecule has 1 aliphatic rings. The van der Waals surface area contributed by atoms with Gasteiger partial charge in [-0.25, -0.2) is 0 Å². The summed E-state index contributed by atoms with van der Waals surface area (Å²) < 4.78 is 8.27. The van der Waals surface area contributed by atoms with Crippen LogP contribution in [-0.4, -0.2) is 14.5 Å². The van der Waals surface area contributed by atoms with Crippen molar-refractivity contribution in [3.05, 3.63) is 127 Å².